The van der Waals surface area contributed by atoms with E-state index in [1.807, 2.05) is 0 Å². The van der Waals surface area contributed by atoms with Crippen molar-refractivity contribution in [1.82, 2.24) is 9.78 Å². The van der Waals surface area contributed by atoms with E-state index in [1.54, 1.807) is 21.0 Å². The fourth-order valence-corrected chi connectivity index (χ4v) is 0.794. The molecule has 0 aliphatic rings. The molecule has 0 aliphatic heterocycles. The van der Waals surface area contributed by atoms with Gasteiger partial charge in [-0.05, 0) is 0 Å². The van der Waals surface area contributed by atoms with E-state index in [1.165, 1.54) is 9.25 Å². The molecule has 0 saturated heterocycles. The molecule has 0 saturated carbocycles. The van der Waals surface area contributed by atoms with Gasteiger partial charge in [-0.1, -0.05) is 4.68 Å². The molecule has 0 unspecified atom stereocenters. The lowest BCUT2D eigenvalue weighted by Gasteiger charge is -2.17. The number of rotatable bonds is 1. The van der Waals surface area contributed by atoms with E-state index in [0.717, 1.165) is 5.82 Å². The topological polar surface area (TPSA) is 157 Å². The first-order valence-corrected chi connectivity index (χ1v) is 4.93. The van der Waals surface area contributed by atoms with Gasteiger partial charge in [-0.3, -0.25) is 0 Å². The minimum atomic E-state index is -4.94. The molecule has 0 amide bonds. The summed E-state index contributed by atoms with van der Waals surface area (Å²) in [6, 6.07) is 0. The Morgan fingerprint density at radius 1 is 1.38 bits per heavy atom. The molecule has 0 N–H and O–H groups in total. The number of aryl methyl sites for hydroxylation is 1. The van der Waals surface area contributed by atoms with Crippen LogP contribution in [0.1, 0.15) is 5.82 Å². The minimum absolute atomic E-state index is 0.134. The summed E-state index contributed by atoms with van der Waals surface area (Å²) in [4.78, 5) is 9.79. The molecule has 1 heterocycles. The molecule has 0 aliphatic carbocycles. The van der Waals surface area contributed by atoms with Gasteiger partial charge in [-0.15, -0.1) is 14.8 Å². The Morgan fingerprint density at radius 3 is 1.88 bits per heavy atom. The molecule has 0 aromatic carbocycles. The Balaban J connectivity index is 0.000000385. The van der Waals surface area contributed by atoms with Gasteiger partial charge in [0, 0.05) is 6.92 Å². The predicted octanol–water partition coefficient (Wildman–Crippen LogP) is -5.29. The van der Waals surface area contributed by atoms with E-state index in [4.69, 9.17) is 18.6 Å². The summed E-state index contributed by atoms with van der Waals surface area (Å²) < 4.78 is 36.9. The Labute approximate surface area is 91.9 Å². The van der Waals surface area contributed by atoms with Crippen molar-refractivity contribution in [2.75, 3.05) is 0 Å². The van der Waals surface area contributed by atoms with Crippen LogP contribution in [0.5, 0.6) is 0 Å². The molecule has 1 aromatic heterocycles. The van der Waals surface area contributed by atoms with Gasteiger partial charge in [-0.2, -0.15) is 0 Å². The average molecular weight is 257 g/mol. The summed E-state index contributed by atoms with van der Waals surface area (Å²) in [5.41, 5.74) is 0. The molecular weight excluding hydrogens is 248 g/mol. The van der Waals surface area contributed by atoms with E-state index in [-0.39, 0.29) is 5.95 Å². The Hall–Kier alpha value is -1.33. The number of nitro groups is 1. The number of hydrogen-bond acceptors (Lipinski definition) is 7. The van der Waals surface area contributed by atoms with Crippen LogP contribution in [-0.2, 0) is 14.1 Å². The van der Waals surface area contributed by atoms with Gasteiger partial charge in [-0.25, -0.2) is 18.6 Å². The van der Waals surface area contributed by atoms with Crippen LogP contribution in [0.3, 0.4) is 0 Å². The zero-order valence-corrected chi connectivity index (χ0v) is 9.37. The Morgan fingerprint density at radius 2 is 1.75 bits per heavy atom. The summed E-state index contributed by atoms with van der Waals surface area (Å²) in [6.45, 7) is 1.76. The van der Waals surface area contributed by atoms with Crippen molar-refractivity contribution in [3.63, 3.8) is 0 Å². The molecule has 0 fully saturated rings. The van der Waals surface area contributed by atoms with Crippen LogP contribution in [0, 0.1) is 27.3 Å². The molecule has 16 heavy (non-hydrogen) atoms. The maximum Gasteiger partial charge on any atom is 0.654 e. The molecule has 0 radical (unpaired) electrons. The summed E-state index contributed by atoms with van der Waals surface area (Å²) >= 11 is 0. The molecule has 0 atom stereocenters. The SMILES string of the molecule is Cc1n(C)nc([N+](=O)[O-])[n+]1C.[O-][Cl+3]([O-])([O-])[O-]. The zero-order valence-electron chi connectivity index (χ0n) is 8.62. The molecule has 1 aromatic rings. The third-order valence-corrected chi connectivity index (χ3v) is 1.66. The van der Waals surface area contributed by atoms with Gasteiger partial charge in [0.25, 0.3) is 0 Å². The first-order valence-electron chi connectivity index (χ1n) is 3.69. The highest BCUT2D eigenvalue weighted by Crippen LogP contribution is 1.98. The van der Waals surface area contributed by atoms with Crippen LogP contribution in [0.15, 0.2) is 0 Å². The lowest BCUT2D eigenvalue weighted by Crippen LogP contribution is -2.68. The third-order valence-electron chi connectivity index (χ3n) is 1.66. The van der Waals surface area contributed by atoms with E-state index in [0.29, 0.717) is 0 Å². The molecule has 0 bridgehead atoms. The molecule has 1 rings (SSSR count). The standard InChI is InChI=1S/C5H9N4O2.ClHO4/c1-4-7(2)5(9(10)11)6-8(4)3;2-1(3,4)5/h1-3H3;(H,2,3,4,5)/q+1;/p-1. The van der Waals surface area contributed by atoms with Crippen molar-refractivity contribution in [3.8, 4) is 0 Å². The Bertz CT molecular complexity index is 379. The van der Waals surface area contributed by atoms with Crippen molar-refractivity contribution >= 4 is 5.95 Å². The minimum Gasteiger partial charge on any atom is -0.320 e. The second-order valence-electron chi connectivity index (χ2n) is 2.66. The van der Waals surface area contributed by atoms with Crippen LogP contribution in [0.25, 0.3) is 0 Å². The van der Waals surface area contributed by atoms with Crippen LogP contribution in [-0.4, -0.2) is 14.7 Å². The average Bonchev–Trinajstić information content (AvgIpc) is 2.30. The van der Waals surface area contributed by atoms with E-state index in [2.05, 4.69) is 5.10 Å². The fourth-order valence-electron chi connectivity index (χ4n) is 0.794. The fraction of sp³-hybridized carbons (Fsp3) is 0.600. The second kappa shape index (κ2) is 5.14. The number of nitrogens with zero attached hydrogens (tertiary/aromatic N) is 4. The number of hydrogen-bond donors (Lipinski definition) is 0. The van der Waals surface area contributed by atoms with E-state index in [9.17, 15) is 10.1 Å². The highest BCUT2D eigenvalue weighted by atomic mass is 35.7. The van der Waals surface area contributed by atoms with Gasteiger partial charge in [0.2, 0.25) is 5.82 Å². The monoisotopic (exact) mass is 256 g/mol. The lowest BCUT2D eigenvalue weighted by molar-refractivity contribution is -2.00. The lowest BCUT2D eigenvalue weighted by atomic mass is 10.7. The molecular formula is C5H9ClN4O6. The summed E-state index contributed by atoms with van der Waals surface area (Å²) in [7, 11) is -1.66. The van der Waals surface area contributed by atoms with Crippen LogP contribution >= 0.6 is 0 Å². The molecule has 92 valence electrons. The van der Waals surface area contributed by atoms with Gasteiger partial charge in [0.15, 0.2) is 5.10 Å². The van der Waals surface area contributed by atoms with Gasteiger partial charge >= 0.3 is 5.95 Å². The second-order valence-corrected chi connectivity index (χ2v) is 3.42. The normalized spacial score (nSPS) is 10.7. The van der Waals surface area contributed by atoms with Crippen molar-refractivity contribution < 1.29 is 38.4 Å². The summed E-state index contributed by atoms with van der Waals surface area (Å²) in [6.07, 6.45) is 0. The Kier molecular flexibility index (Phi) is 4.71. The van der Waals surface area contributed by atoms with E-state index < -0.39 is 15.2 Å². The third kappa shape index (κ3) is 4.95. The van der Waals surface area contributed by atoms with Crippen molar-refractivity contribution in [2.24, 2.45) is 14.1 Å². The summed E-state index contributed by atoms with van der Waals surface area (Å²) in [5.74, 6) is 0.613. The predicted molar refractivity (Wildman–Crippen MR) is 35.8 cm³/mol. The van der Waals surface area contributed by atoms with Crippen LogP contribution in [0.2, 0.25) is 0 Å². The van der Waals surface area contributed by atoms with Crippen molar-refractivity contribution in [2.45, 2.75) is 6.92 Å². The molecule has 0 spiro atoms. The van der Waals surface area contributed by atoms with E-state index >= 15 is 0 Å². The van der Waals surface area contributed by atoms with Gasteiger partial charge < -0.3 is 10.1 Å². The van der Waals surface area contributed by atoms with Crippen molar-refractivity contribution in [1.29, 1.82) is 0 Å². The van der Waals surface area contributed by atoms with Crippen molar-refractivity contribution in [3.05, 3.63) is 15.9 Å². The molecule has 11 heteroatoms. The first-order chi connectivity index (χ1) is 7.04. The number of aromatic nitrogens is 3. The smallest absolute Gasteiger partial charge is 0.320 e. The van der Waals surface area contributed by atoms with Gasteiger partial charge in [0.05, 0.1) is 12.0 Å². The maximum atomic E-state index is 10.3. The largest absolute Gasteiger partial charge is 0.654 e. The first kappa shape index (κ1) is 14.7. The summed E-state index contributed by atoms with van der Waals surface area (Å²) in [5, 5.41) is 14.0. The molecule has 10 nitrogen and oxygen atoms in total. The highest BCUT2D eigenvalue weighted by molar-refractivity contribution is 4.90. The van der Waals surface area contributed by atoms with Crippen LogP contribution < -0.4 is 23.2 Å². The van der Waals surface area contributed by atoms with Crippen LogP contribution in [0.4, 0.5) is 5.95 Å². The van der Waals surface area contributed by atoms with Gasteiger partial charge in [0.1, 0.15) is 7.05 Å². The number of halogens is 1. The maximum absolute atomic E-state index is 10.3. The zero-order chi connectivity index (χ0) is 13.1. The highest BCUT2D eigenvalue weighted by Gasteiger charge is 2.29. The quantitative estimate of drug-likeness (QED) is 0.276.